The van der Waals surface area contributed by atoms with E-state index < -0.39 is 0 Å². The fraction of sp³-hybridized carbons (Fsp3) is 0.971. The monoisotopic (exact) mass is 1060 g/mol. The van der Waals surface area contributed by atoms with Crippen molar-refractivity contribution in [2.75, 3.05) is 26.4 Å². The molecule has 6 nitrogen and oxygen atoms in total. The van der Waals surface area contributed by atoms with Gasteiger partial charge in [-0.25, -0.2) is 0 Å². The third kappa shape index (κ3) is 14.7. The second-order valence-corrected chi connectivity index (χ2v) is 29.2. The van der Waals surface area contributed by atoms with Gasteiger partial charge >= 0.3 is 0 Å². The number of hydrogen-bond donors (Lipinski definition) is 0. The van der Waals surface area contributed by atoms with E-state index in [1.54, 1.807) is 0 Å². The smallest absolute Gasteiger partial charge is 0.145 e. The van der Waals surface area contributed by atoms with Crippen molar-refractivity contribution < 1.29 is 28.5 Å². The summed E-state index contributed by atoms with van der Waals surface area (Å²) in [5, 5.41) is 0. The highest BCUT2D eigenvalue weighted by atomic mass is 16.5. The lowest BCUT2D eigenvalue weighted by Crippen LogP contribution is -2.60. The number of carbonyl (C=O) groups excluding carboxylic acids is 2. The molecule has 0 saturated heterocycles. The average Bonchev–Trinajstić information content (AvgIpc) is 3.48. The van der Waals surface area contributed by atoms with Gasteiger partial charge in [-0.05, 0) is 291 Å². The zero-order chi connectivity index (χ0) is 52.9. The van der Waals surface area contributed by atoms with Crippen LogP contribution in [0.15, 0.2) is 0 Å². The van der Waals surface area contributed by atoms with Crippen LogP contribution in [-0.4, -0.2) is 62.4 Å². The molecule has 10 aliphatic rings. The zero-order valence-corrected chi connectivity index (χ0v) is 50.3. The summed E-state index contributed by atoms with van der Waals surface area (Å²) in [4.78, 5) is 27.6. The molecule has 76 heavy (non-hydrogen) atoms. The van der Waals surface area contributed by atoms with Crippen LogP contribution in [0.25, 0.3) is 0 Å². The van der Waals surface area contributed by atoms with Crippen LogP contribution in [0.2, 0.25) is 0 Å². The SMILES string of the molecule is CCCCCO[C@H]1CC[C@H](C2CCC3(CC2)CC2(CCC([C@H]4CC[C@H](OCCCCC)CC4)CC2)C3=O)CC1.CCCCO[C@H]1CC[C@H](C2CCC3(CC2)CC2(CCC([C@H]4CC[C@H](OCCCC)CC4)CC2)C3=O)CC1. The van der Waals surface area contributed by atoms with Crippen molar-refractivity contribution >= 4 is 11.6 Å². The van der Waals surface area contributed by atoms with Crippen LogP contribution < -0.4 is 0 Å². The fourth-order valence-electron chi connectivity index (χ4n) is 19.7. The Morgan fingerprint density at radius 3 is 0.671 bits per heavy atom. The molecule has 6 heteroatoms. The summed E-state index contributed by atoms with van der Waals surface area (Å²) < 4.78 is 24.6. The highest BCUT2D eigenvalue weighted by Crippen LogP contribution is 2.67. The van der Waals surface area contributed by atoms with Gasteiger partial charge in [0.1, 0.15) is 11.6 Å². The Morgan fingerprint density at radius 1 is 0.276 bits per heavy atom. The maximum absolute atomic E-state index is 13.8. The molecule has 0 N–H and O–H groups in total. The Hall–Kier alpha value is -0.820. The van der Waals surface area contributed by atoms with Crippen molar-refractivity contribution in [1.82, 2.24) is 0 Å². The number of ether oxygens (including phenoxy) is 4. The van der Waals surface area contributed by atoms with E-state index in [-0.39, 0.29) is 21.7 Å². The standard InChI is InChI=1S/C36H62O3.C34H58O3/c1-3-5-7-25-38-32-13-9-28(10-14-32)30-17-21-35(22-18-30)27-36(34(35)37)23-19-31(20-24-36)29-11-15-33(16-12-29)39-26-8-6-4-2;1-3-5-23-36-30-11-7-26(8-12-30)28-15-19-33(20-16-28)25-34(32(33)35)21-17-29(18-22-34)27-9-13-31(14-10-27)37-24-6-4-2/h28-33H,3-27H2,1-2H3;26-31H,3-25H2,1-2H3/t28-,29-,30?,31?,32-,33-,35?,36?;26-,27-,28?,29?,30-,31-,33?,34?. The molecule has 0 atom stereocenters. The minimum atomic E-state index is 0.0934. The van der Waals surface area contributed by atoms with Gasteiger partial charge in [0, 0.05) is 48.1 Å². The Morgan fingerprint density at radius 2 is 0.474 bits per heavy atom. The molecule has 0 radical (unpaired) electrons. The van der Waals surface area contributed by atoms with E-state index in [9.17, 15) is 9.59 Å². The molecular weight excluding hydrogens is 937 g/mol. The van der Waals surface area contributed by atoms with Crippen LogP contribution in [0.3, 0.4) is 0 Å². The number of hydrogen-bond acceptors (Lipinski definition) is 6. The van der Waals surface area contributed by atoms with Crippen LogP contribution in [-0.2, 0) is 28.5 Å². The second-order valence-electron chi connectivity index (χ2n) is 29.2. The zero-order valence-electron chi connectivity index (χ0n) is 50.3. The second kappa shape index (κ2) is 28.9. The van der Waals surface area contributed by atoms with Gasteiger partial charge in [-0.15, -0.1) is 0 Å². The Balaban J connectivity index is 0.000000186. The predicted molar refractivity (Wildman–Crippen MR) is 312 cm³/mol. The van der Waals surface area contributed by atoms with Gasteiger partial charge in [0.2, 0.25) is 0 Å². The molecule has 0 aromatic carbocycles. The highest BCUT2D eigenvalue weighted by molar-refractivity contribution is 5.97. The number of ketones is 2. The molecule has 0 aromatic rings. The van der Waals surface area contributed by atoms with Crippen LogP contribution in [0.1, 0.15) is 310 Å². The maximum atomic E-state index is 13.8. The summed E-state index contributed by atoms with van der Waals surface area (Å²) >= 11 is 0. The molecule has 0 aromatic heterocycles. The quantitative estimate of drug-likeness (QED) is 0.101. The van der Waals surface area contributed by atoms with Crippen molar-refractivity contribution in [2.45, 2.75) is 335 Å². The summed E-state index contributed by atoms with van der Waals surface area (Å²) in [5.74, 6) is 8.55. The molecule has 436 valence electrons. The molecule has 10 rings (SSSR count). The van der Waals surface area contributed by atoms with Crippen molar-refractivity contribution in [3.05, 3.63) is 0 Å². The first-order valence-electron chi connectivity index (χ1n) is 34.7. The number of Topliss-reactive ketones (excluding diaryl/α,β-unsaturated/α-hetero) is 2. The first kappa shape index (κ1) is 59.8. The van der Waals surface area contributed by atoms with Crippen molar-refractivity contribution in [1.29, 1.82) is 0 Å². The lowest BCUT2D eigenvalue weighted by Gasteiger charge is -2.60. The minimum absolute atomic E-state index is 0.0934. The summed E-state index contributed by atoms with van der Waals surface area (Å²) in [6.45, 7) is 12.9. The number of carbonyl (C=O) groups is 2. The molecule has 0 unspecified atom stereocenters. The normalized spacial score (nSPS) is 41.9. The Bertz CT molecular complexity index is 1560. The predicted octanol–water partition coefficient (Wildman–Crippen LogP) is 18.9. The minimum Gasteiger partial charge on any atom is -0.378 e. The molecule has 4 spiro atoms. The highest BCUT2D eigenvalue weighted by Gasteiger charge is 2.65. The molecule has 10 saturated carbocycles. The van der Waals surface area contributed by atoms with E-state index in [1.165, 1.54) is 283 Å². The number of rotatable bonds is 22. The van der Waals surface area contributed by atoms with E-state index in [2.05, 4.69) is 27.7 Å². The molecule has 0 aliphatic heterocycles. The maximum Gasteiger partial charge on any atom is 0.145 e. The van der Waals surface area contributed by atoms with Gasteiger partial charge in [0.05, 0.1) is 24.4 Å². The molecule has 10 aliphatic carbocycles. The molecular formula is C70H120O6. The summed E-state index contributed by atoms with van der Waals surface area (Å²) in [5.41, 5.74) is 0.377. The Kier molecular flexibility index (Phi) is 22.8. The van der Waals surface area contributed by atoms with Gasteiger partial charge in [0.15, 0.2) is 0 Å². The van der Waals surface area contributed by atoms with E-state index in [0.29, 0.717) is 24.4 Å². The lowest BCUT2D eigenvalue weighted by molar-refractivity contribution is -0.171. The first-order chi connectivity index (χ1) is 37.1. The van der Waals surface area contributed by atoms with E-state index in [1.807, 2.05) is 0 Å². The largest absolute Gasteiger partial charge is 0.378 e. The molecule has 0 amide bonds. The number of unbranched alkanes of at least 4 members (excludes halogenated alkanes) is 6. The van der Waals surface area contributed by atoms with Crippen molar-refractivity contribution in [3.8, 4) is 0 Å². The van der Waals surface area contributed by atoms with Gasteiger partial charge in [-0.2, -0.15) is 0 Å². The summed E-state index contributed by atoms with van der Waals surface area (Å²) in [6.07, 6.45) is 58.3. The lowest BCUT2D eigenvalue weighted by atomic mass is 9.42. The van der Waals surface area contributed by atoms with Gasteiger partial charge in [-0.3, -0.25) is 9.59 Å². The van der Waals surface area contributed by atoms with Crippen LogP contribution in [0.5, 0.6) is 0 Å². The molecule has 10 fully saturated rings. The van der Waals surface area contributed by atoms with E-state index in [4.69, 9.17) is 18.9 Å². The van der Waals surface area contributed by atoms with Crippen molar-refractivity contribution in [3.63, 3.8) is 0 Å². The third-order valence-corrected chi connectivity index (χ3v) is 24.7. The van der Waals surface area contributed by atoms with Crippen LogP contribution in [0.4, 0.5) is 0 Å². The van der Waals surface area contributed by atoms with Crippen molar-refractivity contribution in [2.24, 2.45) is 69.0 Å². The van der Waals surface area contributed by atoms with Gasteiger partial charge in [-0.1, -0.05) is 66.2 Å². The van der Waals surface area contributed by atoms with Crippen LogP contribution in [0, 0.1) is 69.0 Å². The fourth-order valence-corrected chi connectivity index (χ4v) is 19.7. The third-order valence-electron chi connectivity index (χ3n) is 24.7. The van der Waals surface area contributed by atoms with Crippen LogP contribution >= 0.6 is 0 Å². The summed E-state index contributed by atoms with van der Waals surface area (Å²) in [6, 6.07) is 0. The molecule has 0 heterocycles. The summed E-state index contributed by atoms with van der Waals surface area (Å²) in [7, 11) is 0. The Labute approximate surface area is 468 Å². The van der Waals surface area contributed by atoms with E-state index >= 15 is 0 Å². The average molecular weight is 1060 g/mol. The van der Waals surface area contributed by atoms with Gasteiger partial charge < -0.3 is 18.9 Å². The van der Waals surface area contributed by atoms with Gasteiger partial charge in [0.25, 0.3) is 0 Å². The van der Waals surface area contributed by atoms with E-state index in [0.717, 1.165) is 85.3 Å². The molecule has 0 bridgehead atoms. The topological polar surface area (TPSA) is 71.1 Å². The first-order valence-corrected chi connectivity index (χ1v) is 34.7.